The highest BCUT2D eigenvalue weighted by atomic mass is 35.5. The highest BCUT2D eigenvalue weighted by Crippen LogP contribution is 2.32. The molecular formula is C14H24ClNO. The Morgan fingerprint density at radius 3 is 2.41 bits per heavy atom. The van der Waals surface area contributed by atoms with Gasteiger partial charge in [0.1, 0.15) is 0 Å². The minimum Gasteiger partial charge on any atom is -0.356 e. The maximum atomic E-state index is 12.0. The summed E-state index contributed by atoms with van der Waals surface area (Å²) in [6.45, 7) is 0.854. The van der Waals surface area contributed by atoms with E-state index in [0.29, 0.717) is 23.7 Å². The topological polar surface area (TPSA) is 29.1 Å². The van der Waals surface area contributed by atoms with Crippen LogP contribution in [0.25, 0.3) is 0 Å². The molecule has 0 aromatic carbocycles. The molecule has 3 heteroatoms. The molecule has 0 radical (unpaired) electrons. The second-order valence-corrected chi connectivity index (χ2v) is 5.99. The molecule has 98 valence electrons. The van der Waals surface area contributed by atoms with Crippen LogP contribution >= 0.6 is 11.6 Å². The summed E-state index contributed by atoms with van der Waals surface area (Å²) in [4.78, 5) is 12.0. The van der Waals surface area contributed by atoms with Crippen molar-refractivity contribution in [2.75, 3.05) is 12.4 Å². The van der Waals surface area contributed by atoms with E-state index < -0.39 is 0 Å². The Labute approximate surface area is 109 Å². The van der Waals surface area contributed by atoms with Gasteiger partial charge in [0.05, 0.1) is 0 Å². The third-order valence-electron chi connectivity index (χ3n) is 4.53. The molecule has 2 aliphatic carbocycles. The summed E-state index contributed by atoms with van der Waals surface area (Å²) in [5.41, 5.74) is 0. The molecule has 1 amide bonds. The average Bonchev–Trinajstić information content (AvgIpc) is 2.84. The molecule has 0 bridgehead atoms. The zero-order valence-corrected chi connectivity index (χ0v) is 11.3. The van der Waals surface area contributed by atoms with E-state index in [4.69, 9.17) is 11.6 Å². The van der Waals surface area contributed by atoms with Gasteiger partial charge in [0.15, 0.2) is 0 Å². The number of hydrogen-bond acceptors (Lipinski definition) is 1. The number of halogens is 1. The van der Waals surface area contributed by atoms with Crippen LogP contribution in [0.3, 0.4) is 0 Å². The molecule has 0 spiro atoms. The Bertz CT molecular complexity index is 251. The lowest BCUT2D eigenvalue weighted by Gasteiger charge is -2.23. The number of carbonyl (C=O) groups is 1. The summed E-state index contributed by atoms with van der Waals surface area (Å²) in [6.07, 6.45) is 9.71. The van der Waals surface area contributed by atoms with Crippen molar-refractivity contribution in [2.45, 2.75) is 51.4 Å². The molecule has 2 saturated carbocycles. The number of rotatable bonds is 4. The predicted octanol–water partition coefficient (Wildman–Crippen LogP) is 3.34. The van der Waals surface area contributed by atoms with Gasteiger partial charge in [-0.05, 0) is 37.5 Å². The minimum atomic E-state index is 0.291. The number of carbonyl (C=O) groups excluding carboxylic acids is 1. The van der Waals surface area contributed by atoms with Crippen LogP contribution < -0.4 is 5.32 Å². The van der Waals surface area contributed by atoms with Crippen LogP contribution in [0.1, 0.15) is 51.4 Å². The van der Waals surface area contributed by atoms with Crippen molar-refractivity contribution < 1.29 is 4.79 Å². The fourth-order valence-electron chi connectivity index (χ4n) is 3.33. The van der Waals surface area contributed by atoms with Crippen molar-refractivity contribution in [1.82, 2.24) is 5.32 Å². The van der Waals surface area contributed by atoms with Gasteiger partial charge in [-0.1, -0.05) is 25.7 Å². The Hall–Kier alpha value is -0.240. The Morgan fingerprint density at radius 1 is 1.00 bits per heavy atom. The quantitative estimate of drug-likeness (QED) is 0.769. The maximum absolute atomic E-state index is 12.0. The van der Waals surface area contributed by atoms with Crippen LogP contribution in [0.2, 0.25) is 0 Å². The highest BCUT2D eigenvalue weighted by molar-refractivity contribution is 6.18. The number of hydrogen-bond donors (Lipinski definition) is 1. The minimum absolute atomic E-state index is 0.291. The first-order chi connectivity index (χ1) is 8.31. The van der Waals surface area contributed by atoms with Gasteiger partial charge in [-0.25, -0.2) is 0 Å². The maximum Gasteiger partial charge on any atom is 0.223 e. The van der Waals surface area contributed by atoms with Crippen LogP contribution in [0.4, 0.5) is 0 Å². The monoisotopic (exact) mass is 257 g/mol. The zero-order chi connectivity index (χ0) is 12.1. The van der Waals surface area contributed by atoms with Crippen molar-refractivity contribution in [1.29, 1.82) is 0 Å². The van der Waals surface area contributed by atoms with Gasteiger partial charge >= 0.3 is 0 Å². The Morgan fingerprint density at radius 2 is 1.71 bits per heavy atom. The fourth-order valence-corrected chi connectivity index (χ4v) is 3.73. The van der Waals surface area contributed by atoms with E-state index >= 15 is 0 Å². The molecule has 2 fully saturated rings. The van der Waals surface area contributed by atoms with Gasteiger partial charge in [-0.2, -0.15) is 0 Å². The van der Waals surface area contributed by atoms with Gasteiger partial charge in [-0.15, -0.1) is 11.6 Å². The summed E-state index contributed by atoms with van der Waals surface area (Å²) in [7, 11) is 0. The molecule has 0 aliphatic heterocycles. The van der Waals surface area contributed by atoms with E-state index in [-0.39, 0.29) is 0 Å². The SMILES string of the molecule is O=C(NCC1CCCC1CCl)C1CCCCC1. The second kappa shape index (κ2) is 6.63. The molecular weight excluding hydrogens is 234 g/mol. The first-order valence-electron chi connectivity index (χ1n) is 7.15. The van der Waals surface area contributed by atoms with Crippen molar-refractivity contribution in [3.05, 3.63) is 0 Å². The summed E-state index contributed by atoms with van der Waals surface area (Å²) in [6, 6.07) is 0. The molecule has 2 nitrogen and oxygen atoms in total. The summed E-state index contributed by atoms with van der Waals surface area (Å²) < 4.78 is 0. The lowest BCUT2D eigenvalue weighted by molar-refractivity contribution is -0.126. The Balaban J connectivity index is 1.71. The molecule has 2 aliphatic rings. The summed E-state index contributed by atoms with van der Waals surface area (Å²) >= 11 is 5.95. The first-order valence-corrected chi connectivity index (χ1v) is 7.68. The molecule has 2 unspecified atom stereocenters. The second-order valence-electron chi connectivity index (χ2n) is 5.69. The van der Waals surface area contributed by atoms with E-state index in [1.54, 1.807) is 0 Å². The molecule has 0 aromatic heterocycles. The molecule has 17 heavy (non-hydrogen) atoms. The highest BCUT2D eigenvalue weighted by Gasteiger charge is 2.28. The van der Waals surface area contributed by atoms with E-state index in [2.05, 4.69) is 5.32 Å². The molecule has 0 saturated heterocycles. The normalized spacial score (nSPS) is 30.4. The molecule has 0 aromatic rings. The summed E-state index contributed by atoms with van der Waals surface area (Å²) in [5, 5.41) is 3.16. The van der Waals surface area contributed by atoms with Gasteiger partial charge < -0.3 is 5.32 Å². The number of alkyl halides is 1. The van der Waals surface area contributed by atoms with Crippen LogP contribution in [-0.2, 0) is 4.79 Å². The van der Waals surface area contributed by atoms with Crippen molar-refractivity contribution in [3.8, 4) is 0 Å². The van der Waals surface area contributed by atoms with Gasteiger partial charge in [0.25, 0.3) is 0 Å². The van der Waals surface area contributed by atoms with Crippen LogP contribution in [0.5, 0.6) is 0 Å². The van der Waals surface area contributed by atoms with Crippen molar-refractivity contribution in [2.24, 2.45) is 17.8 Å². The molecule has 2 atom stereocenters. The van der Waals surface area contributed by atoms with Gasteiger partial charge in [-0.3, -0.25) is 4.79 Å². The van der Waals surface area contributed by atoms with Crippen LogP contribution in [-0.4, -0.2) is 18.3 Å². The standard InChI is InChI=1S/C14H24ClNO/c15-9-12-7-4-8-13(12)10-16-14(17)11-5-2-1-3-6-11/h11-13H,1-10H2,(H,16,17). The predicted molar refractivity (Wildman–Crippen MR) is 71.1 cm³/mol. The number of nitrogens with one attached hydrogen (secondary N) is 1. The van der Waals surface area contributed by atoms with Crippen molar-refractivity contribution in [3.63, 3.8) is 0 Å². The van der Waals surface area contributed by atoms with E-state index in [0.717, 1.165) is 25.3 Å². The average molecular weight is 258 g/mol. The summed E-state index contributed by atoms with van der Waals surface area (Å²) in [5.74, 6) is 2.59. The van der Waals surface area contributed by atoms with Gasteiger partial charge in [0.2, 0.25) is 5.91 Å². The van der Waals surface area contributed by atoms with Crippen LogP contribution in [0.15, 0.2) is 0 Å². The van der Waals surface area contributed by atoms with Crippen molar-refractivity contribution >= 4 is 17.5 Å². The largest absolute Gasteiger partial charge is 0.356 e. The van der Waals surface area contributed by atoms with E-state index in [9.17, 15) is 4.79 Å². The van der Waals surface area contributed by atoms with Gasteiger partial charge in [0, 0.05) is 18.3 Å². The third-order valence-corrected chi connectivity index (χ3v) is 4.93. The lowest BCUT2D eigenvalue weighted by atomic mass is 9.88. The van der Waals surface area contributed by atoms with E-state index in [1.807, 2.05) is 0 Å². The Kier molecular flexibility index (Phi) is 5.15. The van der Waals surface area contributed by atoms with E-state index in [1.165, 1.54) is 38.5 Å². The zero-order valence-electron chi connectivity index (χ0n) is 10.6. The molecule has 0 heterocycles. The first kappa shape index (κ1) is 13.2. The smallest absolute Gasteiger partial charge is 0.223 e. The molecule has 2 rings (SSSR count). The lowest BCUT2D eigenvalue weighted by Crippen LogP contribution is -2.36. The third kappa shape index (κ3) is 3.61. The fraction of sp³-hybridized carbons (Fsp3) is 0.929. The molecule has 1 N–H and O–H groups in total. The van der Waals surface area contributed by atoms with Crippen LogP contribution in [0, 0.1) is 17.8 Å². The number of amides is 1.